The van der Waals surface area contributed by atoms with Gasteiger partial charge < -0.3 is 4.90 Å². The SMILES string of the molecule is O=C(CCc1c(F)cccc1Cl)N1CCC(S(=O)(=O)c2ccc(F)cc2)CC1. The average Bonchev–Trinajstić information content (AvgIpc) is 2.68. The lowest BCUT2D eigenvalue weighted by atomic mass is 10.1. The molecule has 28 heavy (non-hydrogen) atoms. The molecule has 1 amide bonds. The van der Waals surface area contributed by atoms with Gasteiger partial charge in [0.1, 0.15) is 11.6 Å². The molecule has 1 fully saturated rings. The first-order chi connectivity index (χ1) is 13.3. The van der Waals surface area contributed by atoms with Crippen LogP contribution in [0.2, 0.25) is 5.02 Å². The van der Waals surface area contributed by atoms with E-state index in [1.165, 1.54) is 24.3 Å². The van der Waals surface area contributed by atoms with E-state index in [4.69, 9.17) is 11.6 Å². The largest absolute Gasteiger partial charge is 0.343 e. The van der Waals surface area contributed by atoms with Crippen molar-refractivity contribution in [2.75, 3.05) is 13.1 Å². The number of hydrogen-bond acceptors (Lipinski definition) is 3. The minimum atomic E-state index is -3.57. The molecule has 1 aliphatic heterocycles. The number of carbonyl (C=O) groups is 1. The van der Waals surface area contributed by atoms with E-state index in [0.717, 1.165) is 12.1 Å². The molecular formula is C20H20ClF2NO3S. The Kier molecular flexibility index (Phi) is 6.35. The summed E-state index contributed by atoms with van der Waals surface area (Å²) >= 11 is 5.98. The molecule has 0 radical (unpaired) electrons. The molecule has 0 atom stereocenters. The molecule has 0 unspecified atom stereocenters. The van der Waals surface area contributed by atoms with Crippen molar-refractivity contribution >= 4 is 27.3 Å². The van der Waals surface area contributed by atoms with Gasteiger partial charge in [0.15, 0.2) is 9.84 Å². The Morgan fingerprint density at radius 1 is 1.07 bits per heavy atom. The molecule has 8 heteroatoms. The lowest BCUT2D eigenvalue weighted by molar-refractivity contribution is -0.132. The third-order valence-electron chi connectivity index (χ3n) is 5.03. The molecule has 0 bridgehead atoms. The molecule has 0 saturated carbocycles. The van der Waals surface area contributed by atoms with Gasteiger partial charge in [0.05, 0.1) is 10.1 Å². The number of carbonyl (C=O) groups excluding carboxylic acids is 1. The van der Waals surface area contributed by atoms with Gasteiger partial charge in [-0.1, -0.05) is 17.7 Å². The van der Waals surface area contributed by atoms with E-state index in [2.05, 4.69) is 0 Å². The second kappa shape index (κ2) is 8.57. The number of amides is 1. The van der Waals surface area contributed by atoms with Gasteiger partial charge in [0.25, 0.3) is 0 Å². The first-order valence-electron chi connectivity index (χ1n) is 8.99. The van der Waals surface area contributed by atoms with E-state index in [-0.39, 0.29) is 28.7 Å². The maximum atomic E-state index is 13.8. The molecule has 4 nitrogen and oxygen atoms in total. The summed E-state index contributed by atoms with van der Waals surface area (Å²) in [4.78, 5) is 14.1. The summed E-state index contributed by atoms with van der Waals surface area (Å²) in [5.41, 5.74) is 0.311. The maximum absolute atomic E-state index is 13.8. The fourth-order valence-corrected chi connectivity index (χ4v) is 5.38. The molecule has 1 aliphatic rings. The highest BCUT2D eigenvalue weighted by molar-refractivity contribution is 7.92. The van der Waals surface area contributed by atoms with E-state index < -0.39 is 26.7 Å². The van der Waals surface area contributed by atoms with Crippen LogP contribution in [-0.2, 0) is 21.1 Å². The number of piperidine rings is 1. The minimum absolute atomic E-state index is 0.0906. The van der Waals surface area contributed by atoms with Crippen LogP contribution >= 0.6 is 11.6 Å². The van der Waals surface area contributed by atoms with Crippen molar-refractivity contribution < 1.29 is 22.0 Å². The lowest BCUT2D eigenvalue weighted by Gasteiger charge is -2.32. The summed E-state index contributed by atoms with van der Waals surface area (Å²) in [6, 6.07) is 9.17. The number of nitrogens with zero attached hydrogens (tertiary/aromatic N) is 1. The smallest absolute Gasteiger partial charge is 0.222 e. The Bertz CT molecular complexity index is 936. The summed E-state index contributed by atoms with van der Waals surface area (Å²) in [7, 11) is -3.57. The van der Waals surface area contributed by atoms with Gasteiger partial charge in [-0.15, -0.1) is 0 Å². The predicted molar refractivity (Wildman–Crippen MR) is 103 cm³/mol. The molecule has 1 heterocycles. The molecular weight excluding hydrogens is 408 g/mol. The quantitative estimate of drug-likeness (QED) is 0.677. The van der Waals surface area contributed by atoms with Gasteiger partial charge in [-0.05, 0) is 55.7 Å². The van der Waals surface area contributed by atoms with Crippen LogP contribution in [0.3, 0.4) is 0 Å². The van der Waals surface area contributed by atoms with Gasteiger partial charge in [0, 0.05) is 30.1 Å². The van der Waals surface area contributed by atoms with Crippen molar-refractivity contribution in [1.29, 1.82) is 0 Å². The highest BCUT2D eigenvalue weighted by Gasteiger charge is 2.32. The van der Waals surface area contributed by atoms with Crippen molar-refractivity contribution in [1.82, 2.24) is 4.90 Å². The molecule has 0 aromatic heterocycles. The van der Waals surface area contributed by atoms with E-state index in [0.29, 0.717) is 31.5 Å². The van der Waals surface area contributed by atoms with Crippen LogP contribution in [0.15, 0.2) is 47.4 Å². The van der Waals surface area contributed by atoms with Gasteiger partial charge in [-0.2, -0.15) is 0 Å². The van der Waals surface area contributed by atoms with Crippen molar-refractivity contribution in [3.63, 3.8) is 0 Å². The molecule has 150 valence electrons. The van der Waals surface area contributed by atoms with Crippen LogP contribution in [0, 0.1) is 11.6 Å². The first-order valence-corrected chi connectivity index (χ1v) is 10.9. The highest BCUT2D eigenvalue weighted by Crippen LogP contribution is 2.26. The van der Waals surface area contributed by atoms with Crippen molar-refractivity contribution in [2.24, 2.45) is 0 Å². The lowest BCUT2D eigenvalue weighted by Crippen LogP contribution is -2.42. The Morgan fingerprint density at radius 3 is 2.32 bits per heavy atom. The molecule has 0 N–H and O–H groups in total. The van der Waals surface area contributed by atoms with Crippen molar-refractivity contribution in [3.8, 4) is 0 Å². The van der Waals surface area contributed by atoms with E-state index in [1.807, 2.05) is 0 Å². The summed E-state index contributed by atoms with van der Waals surface area (Å²) in [6.07, 6.45) is 0.923. The Balaban J connectivity index is 1.57. The zero-order chi connectivity index (χ0) is 20.3. The summed E-state index contributed by atoms with van der Waals surface area (Å²) in [6.45, 7) is 0.629. The van der Waals surface area contributed by atoms with Crippen LogP contribution in [0.1, 0.15) is 24.8 Å². The third kappa shape index (κ3) is 4.52. The number of rotatable bonds is 5. The van der Waals surface area contributed by atoms with Gasteiger partial charge in [-0.25, -0.2) is 17.2 Å². The number of benzene rings is 2. The standard InChI is InChI=1S/C20H20ClF2NO3S/c21-18-2-1-3-19(23)17(18)8-9-20(25)24-12-10-16(11-13-24)28(26,27)15-6-4-14(22)5-7-15/h1-7,16H,8-13H2. The monoisotopic (exact) mass is 427 g/mol. The average molecular weight is 428 g/mol. The summed E-state index contributed by atoms with van der Waals surface area (Å²) < 4.78 is 52.2. The minimum Gasteiger partial charge on any atom is -0.343 e. The Morgan fingerprint density at radius 2 is 1.71 bits per heavy atom. The van der Waals surface area contributed by atoms with Crippen molar-refractivity contribution in [2.45, 2.75) is 35.8 Å². The molecule has 1 saturated heterocycles. The zero-order valence-electron chi connectivity index (χ0n) is 15.1. The predicted octanol–water partition coefficient (Wildman–Crippen LogP) is 4.02. The number of likely N-dealkylation sites (tertiary alicyclic amines) is 1. The van der Waals surface area contributed by atoms with Gasteiger partial charge in [-0.3, -0.25) is 4.79 Å². The topological polar surface area (TPSA) is 54.5 Å². The fourth-order valence-electron chi connectivity index (χ4n) is 3.39. The second-order valence-corrected chi connectivity index (χ2v) is 9.41. The van der Waals surface area contributed by atoms with Gasteiger partial charge >= 0.3 is 0 Å². The summed E-state index contributed by atoms with van der Waals surface area (Å²) in [5.74, 6) is -1.09. The van der Waals surface area contributed by atoms with Crippen LogP contribution in [-0.4, -0.2) is 37.6 Å². The van der Waals surface area contributed by atoms with Crippen LogP contribution in [0.4, 0.5) is 8.78 Å². The zero-order valence-corrected chi connectivity index (χ0v) is 16.6. The Hall–Kier alpha value is -1.99. The van der Waals surface area contributed by atoms with Crippen LogP contribution in [0.25, 0.3) is 0 Å². The first kappa shape index (κ1) is 20.7. The molecule has 3 rings (SSSR count). The number of halogens is 3. The van der Waals surface area contributed by atoms with E-state index in [9.17, 15) is 22.0 Å². The molecule has 2 aromatic carbocycles. The van der Waals surface area contributed by atoms with Crippen LogP contribution in [0.5, 0.6) is 0 Å². The summed E-state index contributed by atoms with van der Waals surface area (Å²) in [5, 5.41) is -0.320. The highest BCUT2D eigenvalue weighted by atomic mass is 35.5. The van der Waals surface area contributed by atoms with Crippen molar-refractivity contribution in [3.05, 3.63) is 64.7 Å². The normalized spacial score (nSPS) is 15.6. The second-order valence-electron chi connectivity index (χ2n) is 6.78. The van der Waals surface area contributed by atoms with Gasteiger partial charge in [0.2, 0.25) is 5.91 Å². The van der Waals surface area contributed by atoms with E-state index in [1.54, 1.807) is 11.0 Å². The molecule has 0 spiro atoms. The molecule has 2 aromatic rings. The number of hydrogen-bond donors (Lipinski definition) is 0. The number of sulfone groups is 1. The molecule has 0 aliphatic carbocycles. The fraction of sp³-hybridized carbons (Fsp3) is 0.350. The van der Waals surface area contributed by atoms with Crippen LogP contribution < -0.4 is 0 Å². The van der Waals surface area contributed by atoms with E-state index >= 15 is 0 Å². The Labute approximate surface area is 168 Å². The third-order valence-corrected chi connectivity index (χ3v) is 7.66. The maximum Gasteiger partial charge on any atom is 0.222 e.